The molecule has 0 fully saturated rings. The summed E-state index contributed by atoms with van der Waals surface area (Å²) >= 11 is 0. The highest BCUT2D eigenvalue weighted by atomic mass is 19.4. The first-order chi connectivity index (χ1) is 7.86. The molecule has 1 amide bonds. The van der Waals surface area contributed by atoms with Crippen LogP contribution in [-0.2, 0) is 19.3 Å². The number of amides is 1. The number of hydrogen-bond donors (Lipinski definition) is 2. The van der Waals surface area contributed by atoms with Gasteiger partial charge in [0, 0.05) is 12.1 Å². The van der Waals surface area contributed by atoms with Crippen molar-refractivity contribution in [1.82, 2.24) is 5.32 Å². The number of aliphatic hydroxyl groups excluding tert-OH is 1. The summed E-state index contributed by atoms with van der Waals surface area (Å²) in [4.78, 5) is 11.2. The van der Waals surface area contributed by atoms with Gasteiger partial charge in [0.05, 0.1) is 17.7 Å². The Hall–Kier alpha value is -1.63. The maximum Gasteiger partial charge on any atom is 0.416 e. The zero-order valence-electron chi connectivity index (χ0n) is 8.36. The van der Waals surface area contributed by atoms with E-state index in [0.29, 0.717) is 6.07 Å². The molecule has 0 saturated carbocycles. The molecule has 0 atom stereocenters. The van der Waals surface area contributed by atoms with Gasteiger partial charge in [0.15, 0.2) is 0 Å². The normalized spacial score (nSPS) is 14.8. The van der Waals surface area contributed by atoms with Gasteiger partial charge >= 0.3 is 6.18 Å². The number of alkyl halides is 3. The van der Waals surface area contributed by atoms with Crippen LogP contribution in [0.1, 0.15) is 27.0 Å². The zero-order valence-corrected chi connectivity index (χ0v) is 8.36. The number of carbonyl (C=O) groups is 1. The van der Waals surface area contributed by atoms with Crippen molar-refractivity contribution >= 4 is 5.91 Å². The van der Waals surface area contributed by atoms with Gasteiger partial charge in [-0.25, -0.2) is 4.39 Å². The van der Waals surface area contributed by atoms with Crippen molar-refractivity contribution in [1.29, 1.82) is 0 Å². The summed E-state index contributed by atoms with van der Waals surface area (Å²) in [5, 5.41) is 10.9. The van der Waals surface area contributed by atoms with Gasteiger partial charge in [-0.3, -0.25) is 4.79 Å². The number of rotatable bonds is 1. The maximum atomic E-state index is 13.6. The lowest BCUT2D eigenvalue weighted by Gasteiger charge is -2.13. The smallest absolute Gasteiger partial charge is 0.392 e. The van der Waals surface area contributed by atoms with Crippen LogP contribution in [0.3, 0.4) is 0 Å². The van der Waals surface area contributed by atoms with E-state index in [1.165, 1.54) is 0 Å². The Morgan fingerprint density at radius 3 is 2.59 bits per heavy atom. The number of halogens is 4. The lowest BCUT2D eigenvalue weighted by atomic mass is 9.98. The molecule has 0 unspecified atom stereocenters. The van der Waals surface area contributed by atoms with Gasteiger partial charge in [0.25, 0.3) is 5.91 Å². The van der Waals surface area contributed by atoms with Crippen LogP contribution in [0.5, 0.6) is 0 Å². The first kappa shape index (κ1) is 11.8. The van der Waals surface area contributed by atoms with E-state index >= 15 is 0 Å². The Bertz CT molecular complexity index is 496. The number of hydrogen-bond acceptors (Lipinski definition) is 2. The van der Waals surface area contributed by atoms with E-state index in [2.05, 4.69) is 5.32 Å². The summed E-state index contributed by atoms with van der Waals surface area (Å²) in [5.74, 6) is -1.98. The molecular weight excluding hydrogens is 242 g/mol. The Kier molecular flexibility index (Phi) is 2.57. The molecule has 92 valence electrons. The molecule has 17 heavy (non-hydrogen) atoms. The van der Waals surface area contributed by atoms with Crippen molar-refractivity contribution < 1.29 is 27.5 Å². The van der Waals surface area contributed by atoms with Crippen LogP contribution in [-0.4, -0.2) is 11.0 Å². The van der Waals surface area contributed by atoms with Crippen molar-refractivity contribution in [3.8, 4) is 0 Å². The zero-order chi connectivity index (χ0) is 12.8. The summed E-state index contributed by atoms with van der Waals surface area (Å²) in [7, 11) is 0. The van der Waals surface area contributed by atoms with Gasteiger partial charge in [-0.1, -0.05) is 0 Å². The summed E-state index contributed by atoms with van der Waals surface area (Å²) in [6.45, 7) is -1.25. The topological polar surface area (TPSA) is 49.3 Å². The highest BCUT2D eigenvalue weighted by Crippen LogP contribution is 2.37. The molecule has 1 aromatic rings. The summed E-state index contributed by atoms with van der Waals surface area (Å²) < 4.78 is 51.6. The molecule has 0 spiro atoms. The Labute approximate surface area is 93.1 Å². The van der Waals surface area contributed by atoms with Crippen molar-refractivity contribution in [2.24, 2.45) is 0 Å². The third-order valence-electron chi connectivity index (χ3n) is 2.58. The summed E-state index contributed by atoms with van der Waals surface area (Å²) in [6.07, 6.45) is -4.69. The highest BCUT2D eigenvalue weighted by Gasteiger charge is 2.39. The fourth-order valence-electron chi connectivity index (χ4n) is 1.80. The van der Waals surface area contributed by atoms with Crippen molar-refractivity contribution in [3.05, 3.63) is 34.1 Å². The number of aliphatic hydroxyl groups is 1. The second-order valence-electron chi connectivity index (χ2n) is 3.59. The molecule has 1 aromatic carbocycles. The van der Waals surface area contributed by atoms with Crippen LogP contribution in [0.2, 0.25) is 0 Å². The predicted molar refractivity (Wildman–Crippen MR) is 48.5 cm³/mol. The quantitative estimate of drug-likeness (QED) is 0.742. The second kappa shape index (κ2) is 3.69. The average molecular weight is 249 g/mol. The molecule has 7 heteroatoms. The third kappa shape index (κ3) is 1.76. The van der Waals surface area contributed by atoms with Gasteiger partial charge in [0.1, 0.15) is 5.82 Å². The van der Waals surface area contributed by atoms with E-state index in [1.54, 1.807) is 0 Å². The number of fused-ring (bicyclic) bond motifs is 1. The van der Waals surface area contributed by atoms with Gasteiger partial charge in [-0.2, -0.15) is 13.2 Å². The van der Waals surface area contributed by atoms with Crippen LogP contribution in [0.15, 0.2) is 6.07 Å². The molecule has 0 bridgehead atoms. The van der Waals surface area contributed by atoms with E-state index in [-0.39, 0.29) is 6.54 Å². The molecule has 2 rings (SSSR count). The second-order valence-corrected chi connectivity index (χ2v) is 3.59. The number of carbonyl (C=O) groups excluding carboxylic acids is 1. The number of benzene rings is 1. The minimum atomic E-state index is -4.69. The van der Waals surface area contributed by atoms with Crippen molar-refractivity contribution in [2.45, 2.75) is 19.3 Å². The lowest BCUT2D eigenvalue weighted by molar-refractivity contribution is -0.138. The van der Waals surface area contributed by atoms with Crippen LogP contribution >= 0.6 is 0 Å². The van der Waals surface area contributed by atoms with Gasteiger partial charge in [-0.05, 0) is 11.6 Å². The summed E-state index contributed by atoms with van der Waals surface area (Å²) in [5.41, 5.74) is -2.65. The monoisotopic (exact) mass is 249 g/mol. The van der Waals surface area contributed by atoms with E-state index < -0.39 is 46.8 Å². The maximum absolute atomic E-state index is 13.6. The van der Waals surface area contributed by atoms with Crippen molar-refractivity contribution in [3.63, 3.8) is 0 Å². The molecule has 0 saturated heterocycles. The van der Waals surface area contributed by atoms with Crippen LogP contribution in [0.4, 0.5) is 17.6 Å². The number of nitrogens with one attached hydrogen (secondary N) is 1. The molecule has 2 N–H and O–H groups in total. The van der Waals surface area contributed by atoms with E-state index in [4.69, 9.17) is 5.11 Å². The molecule has 1 heterocycles. The Morgan fingerprint density at radius 1 is 1.41 bits per heavy atom. The highest BCUT2D eigenvalue weighted by molar-refractivity contribution is 5.99. The molecule has 1 aliphatic rings. The lowest BCUT2D eigenvalue weighted by Crippen LogP contribution is -2.14. The molecule has 0 radical (unpaired) electrons. The van der Waals surface area contributed by atoms with Crippen molar-refractivity contribution in [2.75, 3.05) is 0 Å². The first-order valence-electron chi connectivity index (χ1n) is 4.66. The minimum absolute atomic E-state index is 0.356. The Balaban J connectivity index is 2.75. The standard InChI is InChI=1S/C10H7F4NO2/c11-8-4(3-16)1-6(10(12,13)14)5-2-15-9(17)7(5)8/h1,16H,2-3H2,(H,15,17). The molecule has 0 aromatic heterocycles. The predicted octanol–water partition coefficient (Wildman–Crippen LogP) is 1.58. The molecule has 0 aliphatic carbocycles. The largest absolute Gasteiger partial charge is 0.416 e. The fourth-order valence-corrected chi connectivity index (χ4v) is 1.80. The van der Waals surface area contributed by atoms with E-state index in [1.807, 2.05) is 0 Å². The minimum Gasteiger partial charge on any atom is -0.392 e. The summed E-state index contributed by atoms with van der Waals surface area (Å²) in [6, 6.07) is 0.536. The third-order valence-corrected chi connectivity index (χ3v) is 2.58. The molecule has 1 aliphatic heterocycles. The van der Waals surface area contributed by atoms with Crippen LogP contribution in [0.25, 0.3) is 0 Å². The Morgan fingerprint density at radius 2 is 2.06 bits per heavy atom. The van der Waals surface area contributed by atoms with Crippen LogP contribution in [0, 0.1) is 5.82 Å². The van der Waals surface area contributed by atoms with Gasteiger partial charge in [-0.15, -0.1) is 0 Å². The fraction of sp³-hybridized carbons (Fsp3) is 0.300. The van der Waals surface area contributed by atoms with Gasteiger partial charge < -0.3 is 10.4 Å². The average Bonchev–Trinajstić information content (AvgIpc) is 2.60. The van der Waals surface area contributed by atoms with E-state index in [9.17, 15) is 22.4 Å². The van der Waals surface area contributed by atoms with Gasteiger partial charge in [0.2, 0.25) is 0 Å². The first-order valence-corrected chi connectivity index (χ1v) is 4.66. The van der Waals surface area contributed by atoms with E-state index in [0.717, 1.165) is 0 Å². The SMILES string of the molecule is O=C1NCc2c(C(F)(F)F)cc(CO)c(F)c21. The molecular formula is C10H7F4NO2. The molecule has 3 nitrogen and oxygen atoms in total. The van der Waals surface area contributed by atoms with Crippen LogP contribution < -0.4 is 5.32 Å².